The van der Waals surface area contributed by atoms with Crippen LogP contribution >= 0.6 is 0 Å². The van der Waals surface area contributed by atoms with Crippen LogP contribution in [0, 0.1) is 0 Å². The molecule has 0 aromatic rings. The number of nitrogens with one attached hydrogen (secondary N) is 2. The fourth-order valence-electron chi connectivity index (χ4n) is 7.11. The van der Waals surface area contributed by atoms with Crippen LogP contribution in [0.1, 0.15) is 117 Å². The van der Waals surface area contributed by atoms with Gasteiger partial charge in [0.05, 0.1) is 39.3 Å². The van der Waals surface area contributed by atoms with Crippen molar-refractivity contribution < 1.29 is 42.9 Å². The van der Waals surface area contributed by atoms with Gasteiger partial charge in [-0.2, -0.15) is 0 Å². The van der Waals surface area contributed by atoms with Crippen molar-refractivity contribution in [1.82, 2.24) is 10.6 Å². The van der Waals surface area contributed by atoms with E-state index >= 15 is 0 Å². The molecule has 0 aromatic carbocycles. The first-order valence-electron chi connectivity index (χ1n) is 18.3. The van der Waals surface area contributed by atoms with Gasteiger partial charge in [0.25, 0.3) is 0 Å². The molecule has 0 aliphatic carbocycles. The van der Waals surface area contributed by atoms with E-state index in [1.54, 1.807) is 0 Å². The molecule has 0 spiro atoms. The molecule has 2 unspecified atom stereocenters. The van der Waals surface area contributed by atoms with E-state index in [-0.39, 0.29) is 34.0 Å². The van der Waals surface area contributed by atoms with Gasteiger partial charge in [-0.25, -0.2) is 9.98 Å². The molecule has 0 fully saturated rings. The van der Waals surface area contributed by atoms with Crippen molar-refractivity contribution in [1.29, 1.82) is 0 Å². The van der Waals surface area contributed by atoms with Crippen molar-refractivity contribution in [2.24, 2.45) is 21.5 Å². The van der Waals surface area contributed by atoms with Crippen LogP contribution in [-0.2, 0) is 0 Å². The number of rotatable bonds is 29. The molecule has 0 radical (unpaired) electrons. The first-order valence-corrected chi connectivity index (χ1v) is 18.3. The zero-order valence-corrected chi connectivity index (χ0v) is 32.1. The number of amidine groups is 2. The molecule has 2 atom stereocenters. The maximum Gasteiger partial charge on any atom is 0.198 e. The first-order chi connectivity index (χ1) is 20.7. The van der Waals surface area contributed by atoms with Crippen LogP contribution in [0.2, 0.25) is 0 Å². The van der Waals surface area contributed by atoms with Crippen molar-refractivity contribution in [2.45, 2.75) is 117 Å². The molecule has 6 N–H and O–H groups in total. The molecule has 2 heterocycles. The molecule has 0 saturated carbocycles. The topological polar surface area (TPSA) is 101 Å². The normalized spacial score (nSPS) is 21.2. The minimum absolute atomic E-state index is 0. The highest BCUT2D eigenvalue weighted by atomic mass is 79.9. The average molecular weight is 753 g/mol. The lowest BCUT2D eigenvalue weighted by atomic mass is 10.1. The average Bonchev–Trinajstić information content (AvgIpc) is 3.59. The number of hydrogen-bond donors (Lipinski definition) is 4. The van der Waals surface area contributed by atoms with Gasteiger partial charge < -0.3 is 56.1 Å². The van der Waals surface area contributed by atoms with E-state index in [1.807, 2.05) is 0 Å². The molecule has 262 valence electrons. The quantitative estimate of drug-likeness (QED) is 0.0573. The molecule has 0 aromatic heterocycles. The highest BCUT2D eigenvalue weighted by Crippen LogP contribution is 2.24. The predicted octanol–water partition coefficient (Wildman–Crippen LogP) is -1.17. The number of halogens is 2. The number of nitrogens with zero attached hydrogens (tertiary/aromatic N) is 4. The van der Waals surface area contributed by atoms with Crippen LogP contribution < -0.4 is 56.1 Å². The number of quaternary nitrogens is 2. The highest BCUT2D eigenvalue weighted by molar-refractivity contribution is 5.77. The van der Waals surface area contributed by atoms with Crippen LogP contribution in [0.5, 0.6) is 0 Å². The van der Waals surface area contributed by atoms with Crippen molar-refractivity contribution in [3.8, 4) is 0 Å². The maximum absolute atomic E-state index is 5.75. The van der Waals surface area contributed by atoms with E-state index in [2.05, 4.69) is 24.5 Å². The predicted molar refractivity (Wildman–Crippen MR) is 183 cm³/mol. The maximum atomic E-state index is 5.75. The SMILES string of the molecule is CCCCCCCC1=NCC[N+]1(CCCCCC[N+]1(CCNCCN)CCN=C1CCCCCCC)CCNCCN.[Br-].[Br-]. The number of nitrogens with two attached hydrogens (primary N) is 2. The van der Waals surface area contributed by atoms with E-state index in [9.17, 15) is 0 Å². The fourth-order valence-corrected chi connectivity index (χ4v) is 7.11. The van der Waals surface area contributed by atoms with Gasteiger partial charge >= 0.3 is 0 Å². The van der Waals surface area contributed by atoms with Gasteiger partial charge in [0.2, 0.25) is 0 Å². The van der Waals surface area contributed by atoms with Gasteiger partial charge in [-0.1, -0.05) is 65.2 Å². The Balaban J connectivity index is 0.00000924. The Morgan fingerprint density at radius 1 is 0.523 bits per heavy atom. The molecule has 0 amide bonds. The summed E-state index contributed by atoms with van der Waals surface area (Å²) >= 11 is 0. The zero-order valence-electron chi connectivity index (χ0n) is 28.9. The highest BCUT2D eigenvalue weighted by Gasteiger charge is 2.38. The van der Waals surface area contributed by atoms with Gasteiger partial charge in [-0.05, 0) is 38.5 Å². The second-order valence-corrected chi connectivity index (χ2v) is 13.0. The Morgan fingerprint density at radius 3 is 1.30 bits per heavy atom. The van der Waals surface area contributed by atoms with Crippen molar-refractivity contribution in [3.63, 3.8) is 0 Å². The molecule has 10 heteroatoms. The van der Waals surface area contributed by atoms with Crippen LogP contribution in [0.4, 0.5) is 0 Å². The monoisotopic (exact) mass is 750 g/mol. The smallest absolute Gasteiger partial charge is 0.198 e. The van der Waals surface area contributed by atoms with Crippen LogP contribution in [-0.4, -0.2) is 112 Å². The summed E-state index contributed by atoms with van der Waals surface area (Å²) in [5, 5.41) is 7.14. The van der Waals surface area contributed by atoms with Crippen LogP contribution in [0.25, 0.3) is 0 Å². The molecule has 0 saturated heterocycles. The lowest BCUT2D eigenvalue weighted by molar-refractivity contribution is -0.836. The second kappa shape index (κ2) is 28.1. The Kier molecular flexibility index (Phi) is 28.1. The molecular formula is C34H72Br2N8. The molecule has 8 nitrogen and oxygen atoms in total. The van der Waals surface area contributed by atoms with E-state index in [4.69, 9.17) is 21.5 Å². The Labute approximate surface area is 293 Å². The lowest BCUT2D eigenvalue weighted by Crippen LogP contribution is -3.00. The van der Waals surface area contributed by atoms with E-state index < -0.39 is 0 Å². The van der Waals surface area contributed by atoms with Crippen LogP contribution in [0.3, 0.4) is 0 Å². The summed E-state index contributed by atoms with van der Waals surface area (Å²) in [5.41, 5.74) is 11.5. The molecule has 0 bridgehead atoms. The summed E-state index contributed by atoms with van der Waals surface area (Å²) in [6.45, 7) is 19.2. The first kappa shape index (κ1) is 44.1. The number of aliphatic imine (C=N–C) groups is 2. The molecule has 2 rings (SSSR count). The number of hydrogen-bond acceptors (Lipinski definition) is 6. The van der Waals surface area contributed by atoms with E-state index in [0.29, 0.717) is 13.1 Å². The standard InChI is InChI=1S/C34H72N8.2BrH/c1-3-5-7-9-13-17-33-39-25-31-41(33,29-23-37-21-19-35)27-15-11-12-16-28-42(30-24-38-22-20-36)32-26-40-34(42)18-14-10-8-6-4-2;;/h37-38H,3-32,35-36H2,1-2H3;2*1H/q+2;;/p-2. The summed E-state index contributed by atoms with van der Waals surface area (Å²) in [6, 6.07) is 0. The number of unbranched alkanes of at least 4 members (excludes halogenated alkanes) is 11. The van der Waals surface area contributed by atoms with Gasteiger partial charge in [-0.15, -0.1) is 0 Å². The second-order valence-electron chi connectivity index (χ2n) is 13.0. The summed E-state index contributed by atoms with van der Waals surface area (Å²) in [7, 11) is 0. The fraction of sp³-hybridized carbons (Fsp3) is 0.941. The zero-order chi connectivity index (χ0) is 30.2. The Hall–Kier alpha value is 0.0600. The third kappa shape index (κ3) is 16.8. The molecule has 2 aliphatic heterocycles. The lowest BCUT2D eigenvalue weighted by Gasteiger charge is -2.36. The largest absolute Gasteiger partial charge is 1.00 e. The minimum atomic E-state index is 0. The molecule has 44 heavy (non-hydrogen) atoms. The molecule has 2 aliphatic rings. The van der Waals surface area contributed by atoms with Gasteiger partial charge in [0.15, 0.2) is 11.7 Å². The van der Waals surface area contributed by atoms with E-state index in [0.717, 1.165) is 48.2 Å². The Morgan fingerprint density at radius 2 is 0.909 bits per heavy atom. The minimum Gasteiger partial charge on any atom is -1.00 e. The van der Waals surface area contributed by atoms with Crippen molar-refractivity contribution >= 4 is 11.7 Å². The summed E-state index contributed by atoms with van der Waals surface area (Å²) in [4.78, 5) is 10.2. The third-order valence-corrected chi connectivity index (χ3v) is 9.75. The third-order valence-electron chi connectivity index (χ3n) is 9.75. The van der Waals surface area contributed by atoms with Gasteiger partial charge in [0, 0.05) is 52.1 Å². The Bertz CT molecular complexity index is 678. The molecular weight excluding hydrogens is 680 g/mol. The van der Waals surface area contributed by atoms with Crippen LogP contribution in [0.15, 0.2) is 9.98 Å². The summed E-state index contributed by atoms with van der Waals surface area (Å²) in [5.74, 6) is 2.99. The van der Waals surface area contributed by atoms with Crippen molar-refractivity contribution in [2.75, 3.05) is 91.6 Å². The van der Waals surface area contributed by atoms with E-state index in [1.165, 1.54) is 154 Å². The summed E-state index contributed by atoms with van der Waals surface area (Å²) in [6.07, 6.45) is 21.1. The summed E-state index contributed by atoms with van der Waals surface area (Å²) < 4.78 is 2.26. The van der Waals surface area contributed by atoms with Crippen molar-refractivity contribution in [3.05, 3.63) is 0 Å². The van der Waals surface area contributed by atoms with Gasteiger partial charge in [-0.3, -0.25) is 8.97 Å². The van der Waals surface area contributed by atoms with Gasteiger partial charge in [0.1, 0.15) is 13.1 Å².